The smallest absolute Gasteiger partial charge is 0.253 e. The number of rotatable bonds is 5. The molecule has 0 radical (unpaired) electrons. The summed E-state index contributed by atoms with van der Waals surface area (Å²) in [6.07, 6.45) is 1.48. The van der Waals surface area contributed by atoms with E-state index in [-0.39, 0.29) is 17.7 Å². The van der Waals surface area contributed by atoms with Gasteiger partial charge in [0.05, 0.1) is 0 Å². The molecule has 142 valence electrons. The van der Waals surface area contributed by atoms with Crippen molar-refractivity contribution in [2.45, 2.75) is 33.2 Å². The van der Waals surface area contributed by atoms with Crippen molar-refractivity contribution in [1.82, 2.24) is 9.80 Å². The third kappa shape index (κ3) is 4.76. The minimum Gasteiger partial charge on any atom is -0.339 e. The molecule has 2 aromatic rings. The summed E-state index contributed by atoms with van der Waals surface area (Å²) >= 11 is 0. The van der Waals surface area contributed by atoms with Crippen molar-refractivity contribution in [3.63, 3.8) is 0 Å². The number of carbonyl (C=O) groups is 2. The lowest BCUT2D eigenvalue weighted by Crippen LogP contribution is -2.44. The molecular formula is C23H28N2O2. The van der Waals surface area contributed by atoms with E-state index in [1.54, 1.807) is 0 Å². The van der Waals surface area contributed by atoms with E-state index in [0.717, 1.165) is 29.5 Å². The van der Waals surface area contributed by atoms with E-state index in [2.05, 4.69) is 12.1 Å². The van der Waals surface area contributed by atoms with Crippen molar-refractivity contribution in [2.24, 2.45) is 5.92 Å². The highest BCUT2D eigenvalue weighted by Crippen LogP contribution is 2.22. The second-order valence-electron chi connectivity index (χ2n) is 7.27. The van der Waals surface area contributed by atoms with Crippen molar-refractivity contribution >= 4 is 11.8 Å². The molecule has 0 aromatic heterocycles. The molecule has 2 amide bonds. The van der Waals surface area contributed by atoms with Gasteiger partial charge in [-0.3, -0.25) is 9.59 Å². The average molecular weight is 364 g/mol. The molecule has 4 heteroatoms. The van der Waals surface area contributed by atoms with Gasteiger partial charge in [0, 0.05) is 37.7 Å². The Morgan fingerprint density at radius 2 is 1.74 bits per heavy atom. The summed E-state index contributed by atoms with van der Waals surface area (Å²) in [7, 11) is 0. The maximum absolute atomic E-state index is 12.9. The number of hydrogen-bond acceptors (Lipinski definition) is 2. The zero-order valence-corrected chi connectivity index (χ0v) is 16.2. The molecule has 0 atom stereocenters. The van der Waals surface area contributed by atoms with E-state index in [0.29, 0.717) is 26.2 Å². The fourth-order valence-corrected chi connectivity index (χ4v) is 3.70. The second kappa shape index (κ2) is 8.85. The Morgan fingerprint density at radius 3 is 2.37 bits per heavy atom. The van der Waals surface area contributed by atoms with Crippen LogP contribution in [0.2, 0.25) is 0 Å². The highest BCUT2D eigenvalue weighted by Gasteiger charge is 2.30. The molecular weight excluding hydrogens is 336 g/mol. The first-order valence-corrected chi connectivity index (χ1v) is 9.77. The maximum Gasteiger partial charge on any atom is 0.253 e. The molecule has 0 spiro atoms. The largest absolute Gasteiger partial charge is 0.339 e. The van der Waals surface area contributed by atoms with Gasteiger partial charge < -0.3 is 9.80 Å². The molecule has 1 aliphatic heterocycles. The lowest BCUT2D eigenvalue weighted by Gasteiger charge is -2.34. The van der Waals surface area contributed by atoms with Gasteiger partial charge in [0.1, 0.15) is 0 Å². The van der Waals surface area contributed by atoms with Crippen molar-refractivity contribution in [3.05, 3.63) is 71.3 Å². The van der Waals surface area contributed by atoms with Crippen LogP contribution in [-0.4, -0.2) is 41.2 Å². The third-order valence-electron chi connectivity index (χ3n) is 5.31. The van der Waals surface area contributed by atoms with Gasteiger partial charge in [0.15, 0.2) is 0 Å². The van der Waals surface area contributed by atoms with E-state index >= 15 is 0 Å². The summed E-state index contributed by atoms with van der Waals surface area (Å²) in [5.74, 6) is 0.292. The fourth-order valence-electron chi connectivity index (χ4n) is 3.70. The van der Waals surface area contributed by atoms with Crippen LogP contribution in [0.4, 0.5) is 0 Å². The van der Waals surface area contributed by atoms with Crippen molar-refractivity contribution < 1.29 is 9.59 Å². The number of piperidine rings is 1. The molecule has 0 N–H and O–H groups in total. The number of amides is 2. The van der Waals surface area contributed by atoms with Crippen LogP contribution >= 0.6 is 0 Å². The topological polar surface area (TPSA) is 40.6 Å². The molecule has 2 aromatic carbocycles. The molecule has 4 nitrogen and oxygen atoms in total. The Morgan fingerprint density at radius 1 is 1.04 bits per heavy atom. The lowest BCUT2D eigenvalue weighted by molar-refractivity contribution is -0.137. The number of nitrogens with zero attached hydrogens (tertiary/aromatic N) is 2. The summed E-state index contributed by atoms with van der Waals surface area (Å²) in [6.45, 7) is 6.66. The SMILES string of the molecule is CCN(Cc1ccccc1)C(=O)C1CCN(C(=O)c2cccc(C)c2)CC1. The van der Waals surface area contributed by atoms with Crippen LogP contribution in [0.15, 0.2) is 54.6 Å². The molecule has 3 rings (SSSR count). The predicted molar refractivity (Wildman–Crippen MR) is 107 cm³/mol. The van der Waals surface area contributed by atoms with Crippen LogP contribution in [0.1, 0.15) is 41.3 Å². The first-order chi connectivity index (χ1) is 13.1. The zero-order chi connectivity index (χ0) is 19.2. The molecule has 1 aliphatic rings. The summed E-state index contributed by atoms with van der Waals surface area (Å²) in [4.78, 5) is 29.4. The third-order valence-corrected chi connectivity index (χ3v) is 5.31. The average Bonchev–Trinajstić information content (AvgIpc) is 2.72. The van der Waals surface area contributed by atoms with Crippen LogP contribution < -0.4 is 0 Å². The Kier molecular flexibility index (Phi) is 6.28. The van der Waals surface area contributed by atoms with Crippen molar-refractivity contribution in [1.29, 1.82) is 0 Å². The van der Waals surface area contributed by atoms with Crippen LogP contribution in [0, 0.1) is 12.8 Å². The van der Waals surface area contributed by atoms with Gasteiger partial charge in [0.2, 0.25) is 5.91 Å². The number of carbonyl (C=O) groups excluding carboxylic acids is 2. The van der Waals surface area contributed by atoms with E-state index in [4.69, 9.17) is 0 Å². The van der Waals surface area contributed by atoms with Gasteiger partial charge >= 0.3 is 0 Å². The van der Waals surface area contributed by atoms with Crippen LogP contribution in [-0.2, 0) is 11.3 Å². The van der Waals surface area contributed by atoms with Crippen LogP contribution in [0.25, 0.3) is 0 Å². The monoisotopic (exact) mass is 364 g/mol. The van der Waals surface area contributed by atoms with Crippen molar-refractivity contribution in [3.8, 4) is 0 Å². The zero-order valence-electron chi connectivity index (χ0n) is 16.2. The van der Waals surface area contributed by atoms with Gasteiger partial charge in [0.25, 0.3) is 5.91 Å². The number of aryl methyl sites for hydroxylation is 1. The predicted octanol–water partition coefficient (Wildman–Crippen LogP) is 3.90. The molecule has 0 unspecified atom stereocenters. The maximum atomic E-state index is 12.9. The number of likely N-dealkylation sites (tertiary alicyclic amines) is 1. The fraction of sp³-hybridized carbons (Fsp3) is 0.391. The molecule has 27 heavy (non-hydrogen) atoms. The Labute approximate surface area is 161 Å². The first-order valence-electron chi connectivity index (χ1n) is 9.77. The normalized spacial score (nSPS) is 14.8. The molecule has 0 aliphatic carbocycles. The lowest BCUT2D eigenvalue weighted by atomic mass is 9.94. The Balaban J connectivity index is 1.57. The molecule has 1 saturated heterocycles. The van der Waals surface area contributed by atoms with Crippen LogP contribution in [0.3, 0.4) is 0 Å². The summed E-state index contributed by atoms with van der Waals surface area (Å²) in [5.41, 5.74) is 2.98. The standard InChI is InChI=1S/C23H28N2O2/c1-3-24(17-19-9-5-4-6-10-19)22(26)20-12-14-25(15-13-20)23(27)21-11-7-8-18(2)16-21/h4-11,16,20H,3,12-15,17H2,1-2H3. The minimum absolute atomic E-state index is 0.00946. The summed E-state index contributed by atoms with van der Waals surface area (Å²) < 4.78 is 0. The van der Waals surface area contributed by atoms with E-state index in [9.17, 15) is 9.59 Å². The number of benzene rings is 2. The van der Waals surface area contributed by atoms with Gasteiger partial charge in [-0.05, 0) is 44.4 Å². The molecule has 0 bridgehead atoms. The summed E-state index contributed by atoms with van der Waals surface area (Å²) in [6, 6.07) is 17.8. The van der Waals surface area contributed by atoms with Crippen LogP contribution in [0.5, 0.6) is 0 Å². The highest BCUT2D eigenvalue weighted by atomic mass is 16.2. The molecule has 0 saturated carbocycles. The number of hydrogen-bond donors (Lipinski definition) is 0. The Hall–Kier alpha value is -2.62. The highest BCUT2D eigenvalue weighted by molar-refractivity contribution is 5.94. The van der Waals surface area contributed by atoms with E-state index in [1.165, 1.54) is 0 Å². The van der Waals surface area contributed by atoms with Gasteiger partial charge in [-0.2, -0.15) is 0 Å². The van der Waals surface area contributed by atoms with E-state index in [1.807, 2.05) is 66.1 Å². The minimum atomic E-state index is 0.00946. The first kappa shape index (κ1) is 19.2. The van der Waals surface area contributed by atoms with Gasteiger partial charge in [-0.15, -0.1) is 0 Å². The van der Waals surface area contributed by atoms with E-state index < -0.39 is 0 Å². The van der Waals surface area contributed by atoms with Gasteiger partial charge in [-0.25, -0.2) is 0 Å². The quantitative estimate of drug-likeness (QED) is 0.807. The van der Waals surface area contributed by atoms with Gasteiger partial charge in [-0.1, -0.05) is 48.0 Å². The summed E-state index contributed by atoms with van der Waals surface area (Å²) in [5, 5.41) is 0. The second-order valence-corrected chi connectivity index (χ2v) is 7.27. The molecule has 1 fully saturated rings. The Bertz CT molecular complexity index is 780. The van der Waals surface area contributed by atoms with Crippen molar-refractivity contribution in [2.75, 3.05) is 19.6 Å². The molecule has 1 heterocycles.